The van der Waals surface area contributed by atoms with Crippen LogP contribution in [0.2, 0.25) is 0 Å². The normalized spacial score (nSPS) is 13.1. The highest BCUT2D eigenvalue weighted by Gasteiger charge is 1.89. The van der Waals surface area contributed by atoms with Crippen LogP contribution in [0, 0.1) is 0 Å². The summed E-state index contributed by atoms with van der Waals surface area (Å²) < 4.78 is 11.8. The van der Waals surface area contributed by atoms with Gasteiger partial charge in [-0.25, -0.2) is 4.39 Å². The first-order chi connectivity index (χ1) is 3.13. The van der Waals surface area contributed by atoms with Gasteiger partial charge >= 0.3 is 0 Å². The molecule has 0 aromatic heterocycles. The van der Waals surface area contributed by atoms with Gasteiger partial charge in [0.05, 0.1) is 0 Å². The maximum atomic E-state index is 11.8. The van der Waals surface area contributed by atoms with E-state index in [9.17, 15) is 4.39 Å². The fourth-order valence-electron chi connectivity index (χ4n) is 0.252. The number of rotatable bonds is 1. The molecule has 1 unspecified atom stereocenters. The minimum Gasteiger partial charge on any atom is -0.230 e. The van der Waals surface area contributed by atoms with Crippen LogP contribution in [0.5, 0.6) is 0 Å². The summed E-state index contributed by atoms with van der Waals surface area (Å²) in [6, 6.07) is 0. The number of hydrogen-bond donors (Lipinski definition) is 0. The monoisotopic (exact) mass is 166 g/mol. The predicted octanol–water partition coefficient (Wildman–Crippen LogP) is 2.64. The van der Waals surface area contributed by atoms with Gasteiger partial charge in [0.1, 0.15) is 0 Å². The lowest BCUT2D eigenvalue weighted by Crippen LogP contribution is -1.77. The largest absolute Gasteiger partial charge is 0.230 e. The van der Waals surface area contributed by atoms with Gasteiger partial charge in [-0.05, 0) is 35.9 Å². The Bertz CT molecular complexity index is 72.1. The summed E-state index contributed by atoms with van der Waals surface area (Å²) in [6.07, 6.45) is 1.50. The molecule has 0 aliphatic rings. The summed E-state index contributed by atoms with van der Waals surface area (Å²) in [5.41, 5.74) is 0.990. The van der Waals surface area contributed by atoms with Crippen LogP contribution in [-0.4, -0.2) is 5.08 Å². The Kier molecular flexibility index (Phi) is 3.26. The van der Waals surface area contributed by atoms with Crippen molar-refractivity contribution in [3.63, 3.8) is 0 Å². The van der Waals surface area contributed by atoms with Gasteiger partial charge in [0.25, 0.3) is 0 Å². The van der Waals surface area contributed by atoms with Crippen LogP contribution in [0.1, 0.15) is 13.8 Å². The second-order valence-electron chi connectivity index (χ2n) is 1.58. The number of hydrogen-bond acceptors (Lipinski definition) is 0. The van der Waals surface area contributed by atoms with Crippen LogP contribution < -0.4 is 0 Å². The second kappa shape index (κ2) is 3.19. The standard InChI is InChI=1S/C5H8BrF/c1-4(2)3-5(6)7/h3,5H,1-2H3. The van der Waals surface area contributed by atoms with Crippen molar-refractivity contribution in [2.75, 3.05) is 0 Å². The number of halogens is 2. The van der Waals surface area contributed by atoms with Crippen molar-refractivity contribution >= 4 is 15.9 Å². The van der Waals surface area contributed by atoms with Crippen molar-refractivity contribution in [2.45, 2.75) is 18.9 Å². The highest BCUT2D eigenvalue weighted by molar-refractivity contribution is 9.09. The van der Waals surface area contributed by atoms with Gasteiger partial charge in [0.15, 0.2) is 5.08 Å². The van der Waals surface area contributed by atoms with Crippen molar-refractivity contribution in [1.29, 1.82) is 0 Å². The number of allylic oxidation sites excluding steroid dienone is 2. The lowest BCUT2D eigenvalue weighted by molar-refractivity contribution is 0.527. The third-order valence-electron chi connectivity index (χ3n) is 0.459. The smallest absolute Gasteiger partial charge is 0.173 e. The molecule has 0 saturated heterocycles. The Balaban J connectivity index is 3.45. The molecule has 0 radical (unpaired) electrons. The molecule has 0 amide bonds. The van der Waals surface area contributed by atoms with Gasteiger partial charge in [0.2, 0.25) is 0 Å². The van der Waals surface area contributed by atoms with Crippen LogP contribution in [0.25, 0.3) is 0 Å². The summed E-state index contributed by atoms with van der Waals surface area (Å²) in [5.74, 6) is 0. The average molecular weight is 167 g/mol. The number of alkyl halides is 2. The average Bonchev–Trinajstić information content (AvgIpc) is 1.27. The Morgan fingerprint density at radius 2 is 2.14 bits per heavy atom. The molecule has 0 nitrogen and oxygen atoms in total. The molecule has 42 valence electrons. The quantitative estimate of drug-likeness (QED) is 0.416. The van der Waals surface area contributed by atoms with Crippen LogP contribution in [0.15, 0.2) is 11.6 Å². The molecule has 0 bridgehead atoms. The van der Waals surface area contributed by atoms with Crippen molar-refractivity contribution in [1.82, 2.24) is 0 Å². The van der Waals surface area contributed by atoms with Gasteiger partial charge in [-0.15, -0.1) is 0 Å². The predicted molar refractivity (Wildman–Crippen MR) is 33.3 cm³/mol. The van der Waals surface area contributed by atoms with Gasteiger partial charge in [-0.2, -0.15) is 0 Å². The lowest BCUT2D eigenvalue weighted by Gasteiger charge is -1.87. The molecule has 0 aliphatic carbocycles. The van der Waals surface area contributed by atoms with E-state index >= 15 is 0 Å². The summed E-state index contributed by atoms with van der Waals surface area (Å²) in [7, 11) is 0. The maximum Gasteiger partial charge on any atom is 0.173 e. The van der Waals surface area contributed by atoms with Crippen molar-refractivity contribution in [2.24, 2.45) is 0 Å². The molecule has 0 spiro atoms. The first-order valence-corrected chi connectivity index (χ1v) is 2.97. The Morgan fingerprint density at radius 3 is 2.14 bits per heavy atom. The van der Waals surface area contributed by atoms with E-state index in [2.05, 4.69) is 15.9 Å². The van der Waals surface area contributed by atoms with Crippen LogP contribution in [0.3, 0.4) is 0 Å². The molecule has 0 aromatic rings. The van der Waals surface area contributed by atoms with E-state index in [-0.39, 0.29) is 0 Å². The zero-order valence-corrected chi connectivity index (χ0v) is 6.00. The second-order valence-corrected chi connectivity index (χ2v) is 2.45. The minimum absolute atomic E-state index is 0.975. The third kappa shape index (κ3) is 6.15. The van der Waals surface area contributed by atoms with Crippen LogP contribution in [0.4, 0.5) is 4.39 Å². The molecule has 0 rings (SSSR count). The zero-order chi connectivity index (χ0) is 5.86. The summed E-state index contributed by atoms with van der Waals surface area (Å²) in [6.45, 7) is 3.71. The van der Waals surface area contributed by atoms with E-state index in [1.165, 1.54) is 6.08 Å². The van der Waals surface area contributed by atoms with Crippen LogP contribution in [-0.2, 0) is 0 Å². The lowest BCUT2D eigenvalue weighted by atomic mass is 10.3. The molecule has 0 heterocycles. The SMILES string of the molecule is CC(C)=CC(F)Br. The fourth-order valence-corrected chi connectivity index (χ4v) is 0.781. The summed E-state index contributed by atoms with van der Waals surface area (Å²) in [5, 5.41) is -0.975. The van der Waals surface area contributed by atoms with Gasteiger partial charge in [-0.3, -0.25) is 0 Å². The van der Waals surface area contributed by atoms with Crippen molar-refractivity contribution in [3.05, 3.63) is 11.6 Å². The van der Waals surface area contributed by atoms with E-state index in [4.69, 9.17) is 0 Å². The Morgan fingerprint density at radius 1 is 1.71 bits per heavy atom. The van der Waals surface area contributed by atoms with E-state index < -0.39 is 5.08 Å². The van der Waals surface area contributed by atoms with Crippen LogP contribution >= 0.6 is 15.9 Å². The molecular formula is C5H8BrF. The minimum atomic E-state index is -0.975. The van der Waals surface area contributed by atoms with Gasteiger partial charge in [0, 0.05) is 0 Å². The first-order valence-electron chi connectivity index (χ1n) is 2.06. The molecule has 7 heavy (non-hydrogen) atoms. The van der Waals surface area contributed by atoms with E-state index in [0.29, 0.717) is 0 Å². The topological polar surface area (TPSA) is 0 Å². The Labute approximate surface area is 51.5 Å². The molecule has 0 aliphatic heterocycles. The van der Waals surface area contributed by atoms with Gasteiger partial charge in [-0.1, -0.05) is 5.57 Å². The fraction of sp³-hybridized carbons (Fsp3) is 0.600. The molecule has 0 N–H and O–H groups in total. The molecule has 0 aromatic carbocycles. The Hall–Kier alpha value is 0.150. The maximum absolute atomic E-state index is 11.8. The molecule has 0 saturated carbocycles. The molecule has 0 fully saturated rings. The van der Waals surface area contributed by atoms with Crippen molar-refractivity contribution in [3.8, 4) is 0 Å². The van der Waals surface area contributed by atoms with Gasteiger partial charge < -0.3 is 0 Å². The highest BCUT2D eigenvalue weighted by Crippen LogP contribution is 2.04. The van der Waals surface area contributed by atoms with E-state index in [1.807, 2.05) is 13.8 Å². The zero-order valence-electron chi connectivity index (χ0n) is 4.41. The summed E-state index contributed by atoms with van der Waals surface area (Å²) in [4.78, 5) is 0. The van der Waals surface area contributed by atoms with Crippen molar-refractivity contribution < 1.29 is 4.39 Å². The molecular weight excluding hydrogens is 159 g/mol. The molecule has 2 heteroatoms. The highest BCUT2D eigenvalue weighted by atomic mass is 79.9. The first kappa shape index (κ1) is 7.15. The van der Waals surface area contributed by atoms with E-state index in [1.54, 1.807) is 0 Å². The van der Waals surface area contributed by atoms with E-state index in [0.717, 1.165) is 5.57 Å². The summed E-state index contributed by atoms with van der Waals surface area (Å²) >= 11 is 2.73. The molecule has 1 atom stereocenters. The third-order valence-corrected chi connectivity index (χ3v) is 0.724.